The summed E-state index contributed by atoms with van der Waals surface area (Å²) in [7, 11) is 1.56. The fraction of sp³-hybridized carbons (Fsp3) is 0.250. The molecular weight excluding hydrogens is 330 g/mol. The maximum absolute atomic E-state index is 11.7. The minimum atomic E-state index is -0.770. The van der Waals surface area contributed by atoms with Crippen LogP contribution in [-0.4, -0.2) is 35.1 Å². The number of rotatable bonds is 7. The van der Waals surface area contributed by atoms with Crippen LogP contribution in [0.2, 0.25) is 0 Å². The van der Waals surface area contributed by atoms with Gasteiger partial charge in [-0.05, 0) is 17.7 Å². The van der Waals surface area contributed by atoms with Crippen molar-refractivity contribution in [2.45, 2.75) is 13.1 Å². The highest BCUT2D eigenvalue weighted by Crippen LogP contribution is 2.10. The zero-order valence-corrected chi connectivity index (χ0v) is 13.5. The summed E-state index contributed by atoms with van der Waals surface area (Å²) < 4.78 is 10.8. The van der Waals surface area contributed by atoms with Crippen LogP contribution in [0.5, 0.6) is 5.75 Å². The second-order valence-electron chi connectivity index (χ2n) is 5.02. The molecule has 0 unspecified atom stereocenters. The van der Waals surface area contributed by atoms with E-state index in [1.165, 1.54) is 6.20 Å². The molecule has 0 radical (unpaired) electrons. The van der Waals surface area contributed by atoms with Crippen LogP contribution in [-0.2, 0) is 27.4 Å². The minimum absolute atomic E-state index is 0.278. The molecule has 25 heavy (non-hydrogen) atoms. The average molecular weight is 347 g/mol. The number of ether oxygens (including phenoxy) is 2. The molecule has 0 atom stereocenters. The van der Waals surface area contributed by atoms with Gasteiger partial charge in [0.2, 0.25) is 0 Å². The van der Waals surface area contributed by atoms with Crippen LogP contribution >= 0.6 is 0 Å². The molecule has 0 bridgehead atoms. The number of methoxy groups -OCH3 is 1. The molecule has 1 aromatic carbocycles. The molecule has 0 aliphatic heterocycles. The fourth-order valence-corrected chi connectivity index (χ4v) is 1.89. The lowest BCUT2D eigenvalue weighted by Gasteiger charge is -2.08. The molecule has 0 saturated carbocycles. The number of H-pyrrole nitrogens is 1. The number of esters is 1. The smallest absolute Gasteiger partial charge is 0.328 e. The second kappa shape index (κ2) is 8.48. The predicted octanol–water partition coefficient (Wildman–Crippen LogP) is -0.595. The number of amides is 1. The van der Waals surface area contributed by atoms with E-state index in [2.05, 4.69) is 5.32 Å². The van der Waals surface area contributed by atoms with Crippen molar-refractivity contribution < 1.29 is 19.1 Å². The van der Waals surface area contributed by atoms with Crippen molar-refractivity contribution in [3.05, 3.63) is 62.9 Å². The number of hydrogen-bond acceptors (Lipinski definition) is 6. The first-order valence-electron chi connectivity index (χ1n) is 7.33. The first-order chi connectivity index (χ1) is 12.0. The third kappa shape index (κ3) is 5.65. The highest BCUT2D eigenvalue weighted by Gasteiger charge is 2.09. The van der Waals surface area contributed by atoms with Gasteiger partial charge in [0.05, 0.1) is 7.11 Å². The van der Waals surface area contributed by atoms with Gasteiger partial charge in [-0.25, -0.2) is 4.79 Å². The Bertz CT molecular complexity index is 853. The zero-order chi connectivity index (χ0) is 18.2. The third-order valence-corrected chi connectivity index (χ3v) is 3.21. The van der Waals surface area contributed by atoms with Gasteiger partial charge < -0.3 is 14.8 Å². The summed E-state index contributed by atoms with van der Waals surface area (Å²) >= 11 is 0. The lowest BCUT2D eigenvalue weighted by Crippen LogP contribution is -2.33. The van der Waals surface area contributed by atoms with Gasteiger partial charge >= 0.3 is 11.7 Å². The van der Waals surface area contributed by atoms with E-state index in [-0.39, 0.29) is 6.54 Å². The number of aromatic nitrogens is 2. The van der Waals surface area contributed by atoms with Gasteiger partial charge in [0.1, 0.15) is 12.3 Å². The highest BCUT2D eigenvalue weighted by molar-refractivity contribution is 5.80. The van der Waals surface area contributed by atoms with Crippen molar-refractivity contribution in [1.82, 2.24) is 14.9 Å². The quantitative estimate of drug-likeness (QED) is 0.646. The normalized spacial score (nSPS) is 10.1. The summed E-state index contributed by atoms with van der Waals surface area (Å²) in [5.41, 5.74) is -0.429. The molecule has 0 aliphatic rings. The van der Waals surface area contributed by atoms with E-state index in [1.807, 2.05) is 4.98 Å². The van der Waals surface area contributed by atoms with E-state index in [9.17, 15) is 19.2 Å². The van der Waals surface area contributed by atoms with Crippen molar-refractivity contribution >= 4 is 11.9 Å². The van der Waals surface area contributed by atoms with Gasteiger partial charge in [-0.2, -0.15) is 0 Å². The maximum atomic E-state index is 11.7. The molecular formula is C16H17N3O6. The van der Waals surface area contributed by atoms with E-state index in [4.69, 9.17) is 9.47 Å². The summed E-state index contributed by atoms with van der Waals surface area (Å²) in [6.07, 6.45) is 1.17. The summed E-state index contributed by atoms with van der Waals surface area (Å²) in [5, 5.41) is 2.60. The van der Waals surface area contributed by atoms with E-state index in [0.29, 0.717) is 5.75 Å². The van der Waals surface area contributed by atoms with Crippen LogP contribution in [0.1, 0.15) is 5.56 Å². The van der Waals surface area contributed by atoms with Crippen molar-refractivity contribution in [3.8, 4) is 5.75 Å². The molecule has 0 aliphatic carbocycles. The number of nitrogens with one attached hydrogen (secondary N) is 2. The van der Waals surface area contributed by atoms with E-state index >= 15 is 0 Å². The Morgan fingerprint density at radius 3 is 2.52 bits per heavy atom. The molecule has 9 nitrogen and oxygen atoms in total. The van der Waals surface area contributed by atoms with E-state index in [0.717, 1.165) is 16.2 Å². The highest BCUT2D eigenvalue weighted by atomic mass is 16.5. The molecule has 1 aromatic heterocycles. The number of carbonyl (C=O) groups is 2. The molecule has 0 fully saturated rings. The number of carbonyl (C=O) groups excluding carboxylic acids is 2. The molecule has 2 N–H and O–H groups in total. The molecule has 2 rings (SSSR count). The summed E-state index contributed by atoms with van der Waals surface area (Å²) in [5.74, 6) is -0.534. The first kappa shape index (κ1) is 18.0. The number of benzene rings is 1. The number of aromatic amines is 1. The van der Waals surface area contributed by atoms with Gasteiger partial charge in [-0.3, -0.25) is 23.9 Å². The summed E-state index contributed by atoms with van der Waals surface area (Å²) in [6, 6.07) is 8.24. The van der Waals surface area contributed by atoms with Crippen LogP contribution in [0.15, 0.2) is 46.1 Å². The standard InChI is InChI=1S/C16H17N3O6/c1-24-12-4-2-11(3-5-12)8-17-14(21)10-25-15(22)9-19-7-6-13(20)18-16(19)23/h2-7H,8-10H2,1H3,(H,17,21)(H,18,20,23). The maximum Gasteiger partial charge on any atom is 0.328 e. The van der Waals surface area contributed by atoms with Gasteiger partial charge in [-0.15, -0.1) is 0 Å². The molecule has 0 spiro atoms. The molecule has 0 saturated heterocycles. The third-order valence-electron chi connectivity index (χ3n) is 3.21. The topological polar surface area (TPSA) is 119 Å². The predicted molar refractivity (Wildman–Crippen MR) is 87.1 cm³/mol. The van der Waals surface area contributed by atoms with Crippen molar-refractivity contribution in [2.75, 3.05) is 13.7 Å². The van der Waals surface area contributed by atoms with Crippen LogP contribution in [0.25, 0.3) is 0 Å². The molecule has 2 aromatic rings. The molecule has 1 heterocycles. The Labute approximate surface area is 142 Å². The Kier molecular flexibility index (Phi) is 6.10. The van der Waals surface area contributed by atoms with Crippen molar-refractivity contribution in [2.24, 2.45) is 0 Å². The monoisotopic (exact) mass is 347 g/mol. The van der Waals surface area contributed by atoms with E-state index in [1.54, 1.807) is 31.4 Å². The van der Waals surface area contributed by atoms with E-state index < -0.39 is 36.3 Å². The van der Waals surface area contributed by atoms with Crippen molar-refractivity contribution in [3.63, 3.8) is 0 Å². The Hall–Kier alpha value is -3.36. The number of nitrogens with zero attached hydrogens (tertiary/aromatic N) is 1. The summed E-state index contributed by atoms with van der Waals surface area (Å²) in [6.45, 7) is -0.589. The summed E-state index contributed by atoms with van der Waals surface area (Å²) in [4.78, 5) is 47.7. The fourth-order valence-electron chi connectivity index (χ4n) is 1.89. The Morgan fingerprint density at radius 1 is 1.16 bits per heavy atom. The molecule has 132 valence electrons. The lowest BCUT2D eigenvalue weighted by atomic mass is 10.2. The van der Waals surface area contributed by atoms with Gasteiger partial charge in [-0.1, -0.05) is 12.1 Å². The van der Waals surface area contributed by atoms with Crippen LogP contribution in [0.3, 0.4) is 0 Å². The largest absolute Gasteiger partial charge is 0.497 e. The Morgan fingerprint density at radius 2 is 1.88 bits per heavy atom. The average Bonchev–Trinajstić information content (AvgIpc) is 2.61. The van der Waals surface area contributed by atoms with Crippen LogP contribution < -0.4 is 21.3 Å². The Balaban J connectivity index is 1.76. The molecule has 1 amide bonds. The van der Waals surface area contributed by atoms with Crippen molar-refractivity contribution in [1.29, 1.82) is 0 Å². The number of hydrogen-bond donors (Lipinski definition) is 2. The SMILES string of the molecule is COc1ccc(CNC(=O)COC(=O)Cn2ccc(=O)[nH]c2=O)cc1. The van der Waals surface area contributed by atoms with Gasteiger partial charge in [0, 0.05) is 18.8 Å². The zero-order valence-electron chi connectivity index (χ0n) is 13.5. The van der Waals surface area contributed by atoms with Crippen LogP contribution in [0, 0.1) is 0 Å². The molecule has 9 heteroatoms. The second-order valence-corrected chi connectivity index (χ2v) is 5.02. The van der Waals surface area contributed by atoms with Crippen LogP contribution in [0.4, 0.5) is 0 Å². The first-order valence-corrected chi connectivity index (χ1v) is 7.33. The van der Waals surface area contributed by atoms with Gasteiger partial charge in [0.15, 0.2) is 6.61 Å². The van der Waals surface area contributed by atoms with Gasteiger partial charge in [0.25, 0.3) is 11.5 Å². The minimum Gasteiger partial charge on any atom is -0.497 e. The lowest BCUT2D eigenvalue weighted by molar-refractivity contribution is -0.149.